The molecule has 1 atom stereocenters. The zero-order chi connectivity index (χ0) is 12.8. The molecule has 1 heterocycles. The van der Waals surface area contributed by atoms with Crippen LogP contribution in [0.2, 0.25) is 0 Å². The fourth-order valence-electron chi connectivity index (χ4n) is 1.89. The van der Waals surface area contributed by atoms with Crippen molar-refractivity contribution in [1.29, 1.82) is 0 Å². The summed E-state index contributed by atoms with van der Waals surface area (Å²) in [6.07, 6.45) is 0.865. The summed E-state index contributed by atoms with van der Waals surface area (Å²) in [6.45, 7) is 5.36. The molecule has 96 valence electrons. The molecule has 3 nitrogen and oxygen atoms in total. The van der Waals surface area contributed by atoms with E-state index < -0.39 is 0 Å². The molecule has 1 aromatic heterocycles. The van der Waals surface area contributed by atoms with E-state index in [0.717, 1.165) is 6.42 Å². The summed E-state index contributed by atoms with van der Waals surface area (Å²) in [5, 5.41) is 2.03. The Hall–Kier alpha value is -0.870. The highest BCUT2D eigenvalue weighted by atomic mass is 32.1. The predicted molar refractivity (Wildman–Crippen MR) is 72.8 cm³/mol. The van der Waals surface area contributed by atoms with Gasteiger partial charge in [-0.2, -0.15) is 0 Å². The van der Waals surface area contributed by atoms with Crippen LogP contribution in [0.4, 0.5) is 0 Å². The highest BCUT2D eigenvalue weighted by Crippen LogP contribution is 2.16. The summed E-state index contributed by atoms with van der Waals surface area (Å²) in [6, 6.07) is 4.06. The van der Waals surface area contributed by atoms with Gasteiger partial charge in [-0.15, -0.1) is 11.3 Å². The van der Waals surface area contributed by atoms with E-state index in [4.69, 9.17) is 5.73 Å². The smallest absolute Gasteiger partial charge is 0.227 e. The van der Waals surface area contributed by atoms with Gasteiger partial charge >= 0.3 is 0 Å². The van der Waals surface area contributed by atoms with Crippen LogP contribution in [0.5, 0.6) is 0 Å². The molecule has 1 unspecified atom stereocenters. The lowest BCUT2D eigenvalue weighted by atomic mass is 9.96. The summed E-state index contributed by atoms with van der Waals surface area (Å²) < 4.78 is 0. The van der Waals surface area contributed by atoms with Gasteiger partial charge in [0, 0.05) is 18.5 Å². The molecule has 0 saturated heterocycles. The van der Waals surface area contributed by atoms with Crippen molar-refractivity contribution in [3.63, 3.8) is 0 Å². The largest absolute Gasteiger partial charge is 0.340 e. The molecule has 0 radical (unpaired) electrons. The van der Waals surface area contributed by atoms with E-state index in [0.29, 0.717) is 19.0 Å². The molecular formula is C13H22N2OS. The zero-order valence-electron chi connectivity index (χ0n) is 10.8. The van der Waals surface area contributed by atoms with Gasteiger partial charge in [-0.3, -0.25) is 4.79 Å². The average Bonchev–Trinajstić information content (AvgIpc) is 2.77. The van der Waals surface area contributed by atoms with Gasteiger partial charge in [-0.05, 0) is 23.8 Å². The summed E-state index contributed by atoms with van der Waals surface area (Å²) in [4.78, 5) is 15.2. The lowest BCUT2D eigenvalue weighted by molar-refractivity contribution is -0.134. The number of carbonyl (C=O) groups excluding carboxylic acids is 1. The Morgan fingerprint density at radius 2 is 2.24 bits per heavy atom. The second kappa shape index (κ2) is 6.77. The Balaban J connectivity index is 2.54. The van der Waals surface area contributed by atoms with Crippen molar-refractivity contribution in [2.75, 3.05) is 13.6 Å². The number of nitrogens with zero attached hydrogens (tertiary/aromatic N) is 1. The summed E-state index contributed by atoms with van der Waals surface area (Å²) >= 11 is 1.68. The van der Waals surface area contributed by atoms with E-state index in [1.54, 1.807) is 16.2 Å². The van der Waals surface area contributed by atoms with Gasteiger partial charge in [0.2, 0.25) is 5.91 Å². The molecule has 17 heavy (non-hydrogen) atoms. The highest BCUT2D eigenvalue weighted by Gasteiger charge is 2.21. The van der Waals surface area contributed by atoms with Gasteiger partial charge in [0.15, 0.2) is 0 Å². The molecule has 0 bridgehead atoms. The summed E-state index contributed by atoms with van der Waals surface area (Å²) in [5.41, 5.74) is 5.69. The lowest BCUT2D eigenvalue weighted by Gasteiger charge is -2.23. The lowest BCUT2D eigenvalue weighted by Crippen LogP contribution is -2.36. The van der Waals surface area contributed by atoms with Crippen LogP contribution in [-0.4, -0.2) is 24.4 Å². The van der Waals surface area contributed by atoms with Gasteiger partial charge in [0.1, 0.15) is 0 Å². The molecule has 1 rings (SSSR count). The third kappa shape index (κ3) is 4.48. The SMILES string of the molecule is CC(C)CC(CN)C(=O)N(C)Cc1cccs1. The van der Waals surface area contributed by atoms with Crippen LogP contribution in [0.3, 0.4) is 0 Å². The van der Waals surface area contributed by atoms with Crippen molar-refractivity contribution >= 4 is 17.2 Å². The molecule has 0 aromatic carbocycles. The van der Waals surface area contributed by atoms with E-state index in [2.05, 4.69) is 13.8 Å². The van der Waals surface area contributed by atoms with Crippen LogP contribution in [0.15, 0.2) is 17.5 Å². The van der Waals surface area contributed by atoms with Crippen molar-refractivity contribution in [3.05, 3.63) is 22.4 Å². The van der Waals surface area contributed by atoms with E-state index in [-0.39, 0.29) is 11.8 Å². The van der Waals surface area contributed by atoms with Crippen molar-refractivity contribution < 1.29 is 4.79 Å². The Morgan fingerprint density at radius 3 is 2.71 bits per heavy atom. The Bertz CT molecular complexity index is 335. The second-order valence-corrected chi connectivity index (χ2v) is 5.87. The maximum atomic E-state index is 12.2. The molecule has 1 aromatic rings. The third-order valence-electron chi connectivity index (χ3n) is 2.74. The Labute approximate surface area is 108 Å². The zero-order valence-corrected chi connectivity index (χ0v) is 11.7. The molecule has 0 spiro atoms. The van der Waals surface area contributed by atoms with Crippen LogP contribution >= 0.6 is 11.3 Å². The maximum Gasteiger partial charge on any atom is 0.227 e. The first-order valence-corrected chi connectivity index (χ1v) is 6.90. The summed E-state index contributed by atoms with van der Waals surface area (Å²) in [5.74, 6) is 0.622. The second-order valence-electron chi connectivity index (χ2n) is 4.84. The number of carbonyl (C=O) groups is 1. The standard InChI is InChI=1S/C13H22N2OS/c1-10(2)7-11(8-14)13(16)15(3)9-12-5-4-6-17-12/h4-6,10-11H,7-9,14H2,1-3H3. The van der Waals surface area contributed by atoms with Crippen molar-refractivity contribution in [1.82, 2.24) is 4.90 Å². The molecule has 0 aliphatic carbocycles. The number of hydrogen-bond acceptors (Lipinski definition) is 3. The number of nitrogens with two attached hydrogens (primary N) is 1. The van der Waals surface area contributed by atoms with Crippen LogP contribution in [-0.2, 0) is 11.3 Å². The molecular weight excluding hydrogens is 232 g/mol. The molecule has 2 N–H and O–H groups in total. The van der Waals surface area contributed by atoms with E-state index in [1.807, 2.05) is 24.6 Å². The molecule has 0 aliphatic heterocycles. The monoisotopic (exact) mass is 254 g/mol. The van der Waals surface area contributed by atoms with Crippen molar-refractivity contribution in [2.24, 2.45) is 17.6 Å². The van der Waals surface area contributed by atoms with Crippen molar-refractivity contribution in [2.45, 2.75) is 26.8 Å². The van der Waals surface area contributed by atoms with Gasteiger partial charge in [0.05, 0.1) is 12.5 Å². The van der Waals surface area contributed by atoms with E-state index >= 15 is 0 Å². The number of rotatable bonds is 6. The van der Waals surface area contributed by atoms with E-state index in [9.17, 15) is 4.79 Å². The number of hydrogen-bond donors (Lipinski definition) is 1. The molecule has 1 amide bonds. The van der Waals surface area contributed by atoms with E-state index in [1.165, 1.54) is 4.88 Å². The average molecular weight is 254 g/mol. The Morgan fingerprint density at radius 1 is 1.53 bits per heavy atom. The summed E-state index contributed by atoms with van der Waals surface area (Å²) in [7, 11) is 1.85. The normalized spacial score (nSPS) is 12.8. The first-order chi connectivity index (χ1) is 8.04. The quantitative estimate of drug-likeness (QED) is 0.847. The van der Waals surface area contributed by atoms with Crippen LogP contribution in [0.25, 0.3) is 0 Å². The highest BCUT2D eigenvalue weighted by molar-refractivity contribution is 7.09. The first kappa shape index (κ1) is 14.2. The minimum Gasteiger partial charge on any atom is -0.340 e. The first-order valence-electron chi connectivity index (χ1n) is 6.02. The minimum absolute atomic E-state index is 0.0417. The Kier molecular flexibility index (Phi) is 5.65. The predicted octanol–water partition coefficient (Wildman–Crippen LogP) is 2.33. The van der Waals surface area contributed by atoms with Crippen LogP contribution < -0.4 is 5.73 Å². The molecule has 0 saturated carbocycles. The van der Waals surface area contributed by atoms with Crippen LogP contribution in [0, 0.1) is 11.8 Å². The number of thiophene rings is 1. The topological polar surface area (TPSA) is 46.3 Å². The number of amides is 1. The van der Waals surface area contributed by atoms with Crippen molar-refractivity contribution in [3.8, 4) is 0 Å². The molecule has 0 fully saturated rings. The van der Waals surface area contributed by atoms with Gasteiger partial charge in [-0.25, -0.2) is 0 Å². The molecule has 4 heteroatoms. The van der Waals surface area contributed by atoms with Gasteiger partial charge in [-0.1, -0.05) is 19.9 Å². The fourth-order valence-corrected chi connectivity index (χ4v) is 2.65. The van der Waals surface area contributed by atoms with Gasteiger partial charge in [0.25, 0.3) is 0 Å². The maximum absolute atomic E-state index is 12.2. The fraction of sp³-hybridized carbons (Fsp3) is 0.615. The third-order valence-corrected chi connectivity index (χ3v) is 3.60. The van der Waals surface area contributed by atoms with Crippen LogP contribution in [0.1, 0.15) is 25.1 Å². The molecule has 0 aliphatic rings. The minimum atomic E-state index is -0.0417. The van der Waals surface area contributed by atoms with Gasteiger partial charge < -0.3 is 10.6 Å².